The van der Waals surface area contributed by atoms with Crippen molar-refractivity contribution in [2.24, 2.45) is 0 Å². The second-order valence-corrected chi connectivity index (χ2v) is 8.93. The van der Waals surface area contributed by atoms with Gasteiger partial charge in [-0.1, -0.05) is 6.07 Å². The van der Waals surface area contributed by atoms with Crippen molar-refractivity contribution < 1.29 is 9.84 Å². The molecule has 0 radical (unpaired) electrons. The normalized spacial score (nSPS) is 18.8. The van der Waals surface area contributed by atoms with Crippen LogP contribution in [0.15, 0.2) is 24.3 Å². The molecule has 3 rings (SSSR count). The molecular formula is C22H32N2O2S. The number of nitrogens with zero attached hydrogens (tertiary/aromatic N) is 2. The van der Waals surface area contributed by atoms with Crippen LogP contribution in [0.2, 0.25) is 0 Å². The van der Waals surface area contributed by atoms with Crippen molar-refractivity contribution in [1.82, 2.24) is 9.80 Å². The van der Waals surface area contributed by atoms with E-state index >= 15 is 0 Å². The van der Waals surface area contributed by atoms with Gasteiger partial charge in [0.15, 0.2) is 0 Å². The number of rotatable bonds is 7. The van der Waals surface area contributed by atoms with Crippen molar-refractivity contribution in [3.05, 3.63) is 50.7 Å². The van der Waals surface area contributed by atoms with E-state index in [1.807, 2.05) is 11.3 Å². The molecule has 1 aliphatic rings. The molecule has 0 aliphatic carbocycles. The van der Waals surface area contributed by atoms with Gasteiger partial charge in [0.2, 0.25) is 0 Å². The number of aryl methyl sites for hydroxylation is 1. The average Bonchev–Trinajstić information content (AvgIpc) is 3.06. The molecule has 0 spiro atoms. The summed E-state index contributed by atoms with van der Waals surface area (Å²) in [5.41, 5.74) is 3.90. The maximum Gasteiger partial charge on any atom is 0.122 e. The molecule has 2 aromatic rings. The predicted octanol–water partition coefficient (Wildman–Crippen LogP) is 3.75. The standard InChI is InChI=1S/C22H32N2O2S/c1-16-5-7-21(27-16)15-23-10-11-24(20(14-23)9-12-25)13-19-6-8-22(26-4)18(3)17(19)2/h5-8,20,25H,9-15H2,1-4H3. The van der Waals surface area contributed by atoms with Crippen LogP contribution in [0.4, 0.5) is 0 Å². The van der Waals surface area contributed by atoms with Crippen LogP contribution >= 0.6 is 11.3 Å². The Morgan fingerprint density at radius 2 is 1.89 bits per heavy atom. The predicted molar refractivity (Wildman–Crippen MR) is 113 cm³/mol. The summed E-state index contributed by atoms with van der Waals surface area (Å²) >= 11 is 1.89. The second-order valence-electron chi connectivity index (χ2n) is 7.56. The molecule has 5 heteroatoms. The van der Waals surface area contributed by atoms with E-state index in [9.17, 15) is 5.11 Å². The minimum absolute atomic E-state index is 0.244. The molecule has 1 aromatic carbocycles. The van der Waals surface area contributed by atoms with Crippen LogP contribution in [0, 0.1) is 20.8 Å². The molecule has 1 N–H and O–H groups in total. The van der Waals surface area contributed by atoms with E-state index in [-0.39, 0.29) is 6.61 Å². The highest BCUT2D eigenvalue weighted by atomic mass is 32.1. The van der Waals surface area contributed by atoms with Gasteiger partial charge in [0, 0.05) is 55.1 Å². The Morgan fingerprint density at radius 3 is 2.56 bits per heavy atom. The molecule has 4 nitrogen and oxygen atoms in total. The molecule has 27 heavy (non-hydrogen) atoms. The van der Waals surface area contributed by atoms with Crippen LogP contribution in [0.5, 0.6) is 5.75 Å². The number of benzene rings is 1. The van der Waals surface area contributed by atoms with Crippen molar-refractivity contribution in [3.8, 4) is 5.75 Å². The van der Waals surface area contributed by atoms with E-state index in [1.54, 1.807) is 7.11 Å². The lowest BCUT2D eigenvalue weighted by Crippen LogP contribution is -2.52. The lowest BCUT2D eigenvalue weighted by Gasteiger charge is -2.41. The highest BCUT2D eigenvalue weighted by molar-refractivity contribution is 7.11. The van der Waals surface area contributed by atoms with E-state index < -0.39 is 0 Å². The van der Waals surface area contributed by atoms with Crippen LogP contribution < -0.4 is 4.74 Å². The van der Waals surface area contributed by atoms with Crippen molar-refractivity contribution in [2.45, 2.75) is 46.3 Å². The van der Waals surface area contributed by atoms with E-state index in [4.69, 9.17) is 4.74 Å². The third-order valence-electron chi connectivity index (χ3n) is 5.77. The molecule has 1 atom stereocenters. The Kier molecular flexibility index (Phi) is 6.93. The third kappa shape index (κ3) is 4.91. The molecule has 1 saturated heterocycles. The van der Waals surface area contributed by atoms with Gasteiger partial charge in [0.05, 0.1) is 7.11 Å². The maximum atomic E-state index is 9.59. The third-order valence-corrected chi connectivity index (χ3v) is 6.76. The van der Waals surface area contributed by atoms with Crippen LogP contribution in [0.1, 0.15) is 32.9 Å². The van der Waals surface area contributed by atoms with Crippen molar-refractivity contribution in [2.75, 3.05) is 33.4 Å². The Bertz CT molecular complexity index is 759. The lowest BCUT2D eigenvalue weighted by molar-refractivity contribution is 0.0503. The first-order valence-corrected chi connectivity index (χ1v) is 10.6. The van der Waals surface area contributed by atoms with E-state index in [0.717, 1.165) is 44.9 Å². The summed E-state index contributed by atoms with van der Waals surface area (Å²) in [6, 6.07) is 9.12. The molecule has 1 aliphatic heterocycles. The number of aliphatic hydroxyl groups excluding tert-OH is 1. The SMILES string of the molecule is COc1ccc(CN2CCN(Cc3ccc(C)s3)CC2CCO)c(C)c1C. The number of ether oxygens (including phenoxy) is 1. The fourth-order valence-corrected chi connectivity index (χ4v) is 4.92. The first-order chi connectivity index (χ1) is 13.0. The summed E-state index contributed by atoms with van der Waals surface area (Å²) < 4.78 is 5.45. The molecule has 0 saturated carbocycles. The highest BCUT2D eigenvalue weighted by Gasteiger charge is 2.27. The zero-order valence-corrected chi connectivity index (χ0v) is 17.8. The fourth-order valence-electron chi connectivity index (χ4n) is 3.99. The van der Waals surface area contributed by atoms with Gasteiger partial charge >= 0.3 is 0 Å². The summed E-state index contributed by atoms with van der Waals surface area (Å²) in [6.07, 6.45) is 0.828. The van der Waals surface area contributed by atoms with Gasteiger partial charge in [-0.05, 0) is 62.1 Å². The fraction of sp³-hybridized carbons (Fsp3) is 0.545. The Labute approximate surface area is 167 Å². The smallest absolute Gasteiger partial charge is 0.122 e. The van der Waals surface area contributed by atoms with Gasteiger partial charge in [0.25, 0.3) is 0 Å². The summed E-state index contributed by atoms with van der Waals surface area (Å²) in [6.45, 7) is 11.8. The molecule has 0 amide bonds. The number of hydrogen-bond donors (Lipinski definition) is 1. The van der Waals surface area contributed by atoms with Crippen LogP contribution in [-0.2, 0) is 13.1 Å². The van der Waals surface area contributed by atoms with Crippen molar-refractivity contribution >= 4 is 11.3 Å². The quantitative estimate of drug-likeness (QED) is 0.784. The second kappa shape index (κ2) is 9.20. The number of hydrogen-bond acceptors (Lipinski definition) is 5. The first kappa shape index (κ1) is 20.3. The molecule has 2 heterocycles. The Hall–Kier alpha value is -1.40. The number of methoxy groups -OCH3 is 1. The molecule has 1 aromatic heterocycles. The van der Waals surface area contributed by atoms with Crippen molar-refractivity contribution in [3.63, 3.8) is 0 Å². The van der Waals surface area contributed by atoms with E-state index in [2.05, 4.69) is 54.8 Å². The molecule has 1 fully saturated rings. The molecule has 0 bridgehead atoms. The van der Waals surface area contributed by atoms with Gasteiger partial charge in [0.1, 0.15) is 5.75 Å². The minimum Gasteiger partial charge on any atom is -0.496 e. The number of aliphatic hydroxyl groups is 1. The van der Waals surface area contributed by atoms with Crippen molar-refractivity contribution in [1.29, 1.82) is 0 Å². The summed E-state index contributed by atoms with van der Waals surface area (Å²) in [5, 5.41) is 9.59. The van der Waals surface area contributed by atoms with Crippen LogP contribution in [0.25, 0.3) is 0 Å². The van der Waals surface area contributed by atoms with Gasteiger partial charge < -0.3 is 9.84 Å². The van der Waals surface area contributed by atoms with Gasteiger partial charge in [-0.15, -0.1) is 11.3 Å². The lowest BCUT2D eigenvalue weighted by atomic mass is 10.00. The number of piperazine rings is 1. The van der Waals surface area contributed by atoms with E-state index in [1.165, 1.54) is 26.4 Å². The topological polar surface area (TPSA) is 35.9 Å². The zero-order chi connectivity index (χ0) is 19.4. The monoisotopic (exact) mass is 388 g/mol. The minimum atomic E-state index is 0.244. The van der Waals surface area contributed by atoms with E-state index in [0.29, 0.717) is 6.04 Å². The molecule has 1 unspecified atom stereocenters. The summed E-state index contributed by atoms with van der Waals surface area (Å²) in [7, 11) is 1.73. The zero-order valence-electron chi connectivity index (χ0n) is 17.0. The largest absolute Gasteiger partial charge is 0.496 e. The summed E-state index contributed by atoms with van der Waals surface area (Å²) in [4.78, 5) is 7.89. The van der Waals surface area contributed by atoms with Crippen LogP contribution in [0.3, 0.4) is 0 Å². The highest BCUT2D eigenvalue weighted by Crippen LogP contribution is 2.27. The number of thiophene rings is 1. The summed E-state index contributed by atoms with van der Waals surface area (Å²) in [5.74, 6) is 0.958. The Morgan fingerprint density at radius 1 is 1.07 bits per heavy atom. The first-order valence-electron chi connectivity index (χ1n) is 9.77. The average molecular weight is 389 g/mol. The molecule has 148 valence electrons. The van der Waals surface area contributed by atoms with Gasteiger partial charge in [-0.3, -0.25) is 9.80 Å². The molecular weight excluding hydrogens is 356 g/mol. The maximum absolute atomic E-state index is 9.59. The van der Waals surface area contributed by atoms with Gasteiger partial charge in [-0.25, -0.2) is 0 Å². The van der Waals surface area contributed by atoms with Gasteiger partial charge in [-0.2, -0.15) is 0 Å². The Balaban J connectivity index is 1.68. The van der Waals surface area contributed by atoms with Crippen LogP contribution in [-0.4, -0.2) is 54.3 Å².